The molecule has 1 atom stereocenters. The van der Waals surface area contributed by atoms with Crippen molar-refractivity contribution in [1.82, 2.24) is 25.4 Å². The summed E-state index contributed by atoms with van der Waals surface area (Å²) in [6.45, 7) is 9.79. The molecule has 130 valence electrons. The van der Waals surface area contributed by atoms with Crippen molar-refractivity contribution in [2.45, 2.75) is 40.3 Å². The van der Waals surface area contributed by atoms with E-state index in [-0.39, 0.29) is 6.04 Å². The number of rotatable bonds is 6. The SMILES string of the molecule is Cc1nnc(CN=C(NCC(C)C)NC(C)c2ccccc2)n1C. The number of guanidine groups is 1. The number of aromatic nitrogens is 3. The maximum absolute atomic E-state index is 4.68. The minimum Gasteiger partial charge on any atom is -0.356 e. The number of aryl methyl sites for hydroxylation is 1. The highest BCUT2D eigenvalue weighted by Crippen LogP contribution is 2.11. The molecule has 0 amide bonds. The molecule has 0 radical (unpaired) electrons. The van der Waals surface area contributed by atoms with Crippen LogP contribution in [-0.4, -0.2) is 27.3 Å². The number of benzene rings is 1. The van der Waals surface area contributed by atoms with Gasteiger partial charge in [-0.3, -0.25) is 0 Å². The van der Waals surface area contributed by atoms with Gasteiger partial charge in [0.25, 0.3) is 0 Å². The zero-order valence-corrected chi connectivity index (χ0v) is 15.2. The largest absolute Gasteiger partial charge is 0.356 e. The summed E-state index contributed by atoms with van der Waals surface area (Å²) in [4.78, 5) is 4.68. The third-order valence-electron chi connectivity index (χ3n) is 3.89. The van der Waals surface area contributed by atoms with Crippen LogP contribution in [0.2, 0.25) is 0 Å². The first-order valence-electron chi connectivity index (χ1n) is 8.42. The van der Waals surface area contributed by atoms with E-state index in [0.29, 0.717) is 12.5 Å². The Balaban J connectivity index is 2.08. The van der Waals surface area contributed by atoms with Crippen molar-refractivity contribution in [3.8, 4) is 0 Å². The van der Waals surface area contributed by atoms with Crippen molar-refractivity contribution in [2.24, 2.45) is 18.0 Å². The lowest BCUT2D eigenvalue weighted by molar-refractivity contribution is 0.600. The Kier molecular flexibility index (Phi) is 6.35. The van der Waals surface area contributed by atoms with E-state index in [1.807, 2.05) is 36.7 Å². The Bertz CT molecular complexity index is 659. The van der Waals surface area contributed by atoms with Crippen molar-refractivity contribution in [3.63, 3.8) is 0 Å². The minimum absolute atomic E-state index is 0.172. The smallest absolute Gasteiger partial charge is 0.192 e. The molecule has 0 bridgehead atoms. The van der Waals surface area contributed by atoms with E-state index in [1.165, 1.54) is 5.56 Å². The van der Waals surface area contributed by atoms with Gasteiger partial charge in [-0.25, -0.2) is 4.99 Å². The fraction of sp³-hybridized carbons (Fsp3) is 0.500. The van der Waals surface area contributed by atoms with Gasteiger partial charge in [0.2, 0.25) is 0 Å². The summed E-state index contributed by atoms with van der Waals surface area (Å²) in [5.74, 6) is 3.08. The molecule has 0 aliphatic heterocycles. The summed E-state index contributed by atoms with van der Waals surface area (Å²) in [5.41, 5.74) is 1.23. The van der Waals surface area contributed by atoms with Crippen LogP contribution in [0.15, 0.2) is 35.3 Å². The summed E-state index contributed by atoms with van der Waals surface area (Å²) < 4.78 is 1.96. The Morgan fingerprint density at radius 2 is 1.88 bits per heavy atom. The molecule has 0 saturated heterocycles. The summed E-state index contributed by atoms with van der Waals surface area (Å²) in [5, 5.41) is 15.1. The second-order valence-corrected chi connectivity index (χ2v) is 6.44. The summed E-state index contributed by atoms with van der Waals surface area (Å²) in [6.07, 6.45) is 0. The van der Waals surface area contributed by atoms with Crippen molar-refractivity contribution in [2.75, 3.05) is 6.54 Å². The maximum atomic E-state index is 4.68. The van der Waals surface area contributed by atoms with Gasteiger partial charge in [0.15, 0.2) is 11.8 Å². The van der Waals surface area contributed by atoms with Crippen LogP contribution >= 0.6 is 0 Å². The lowest BCUT2D eigenvalue weighted by atomic mass is 10.1. The molecule has 1 aromatic heterocycles. The Hall–Kier alpha value is -2.37. The van der Waals surface area contributed by atoms with E-state index in [2.05, 4.69) is 58.7 Å². The highest BCUT2D eigenvalue weighted by atomic mass is 15.3. The van der Waals surface area contributed by atoms with Crippen molar-refractivity contribution < 1.29 is 0 Å². The van der Waals surface area contributed by atoms with Crippen molar-refractivity contribution in [1.29, 1.82) is 0 Å². The van der Waals surface area contributed by atoms with Crippen LogP contribution in [0.5, 0.6) is 0 Å². The van der Waals surface area contributed by atoms with Crippen LogP contribution < -0.4 is 10.6 Å². The van der Waals surface area contributed by atoms with Gasteiger partial charge >= 0.3 is 0 Å². The molecule has 6 heteroatoms. The van der Waals surface area contributed by atoms with Gasteiger partial charge in [0.05, 0.1) is 6.04 Å². The van der Waals surface area contributed by atoms with E-state index in [1.54, 1.807) is 0 Å². The van der Waals surface area contributed by atoms with Gasteiger partial charge in [-0.15, -0.1) is 10.2 Å². The fourth-order valence-corrected chi connectivity index (χ4v) is 2.22. The van der Waals surface area contributed by atoms with E-state index in [9.17, 15) is 0 Å². The lowest BCUT2D eigenvalue weighted by Gasteiger charge is -2.19. The monoisotopic (exact) mass is 328 g/mol. The molecule has 0 fully saturated rings. The van der Waals surface area contributed by atoms with E-state index in [4.69, 9.17) is 0 Å². The molecule has 0 aliphatic carbocycles. The first-order valence-corrected chi connectivity index (χ1v) is 8.42. The standard InChI is InChI=1S/C18H28N6/c1-13(2)11-19-18(20-12-17-23-22-15(4)24(17)5)21-14(3)16-9-7-6-8-10-16/h6-10,13-14H,11-12H2,1-5H3,(H2,19,20,21). The first-order chi connectivity index (χ1) is 11.5. The molecule has 1 heterocycles. The molecule has 2 aromatic rings. The summed E-state index contributed by atoms with van der Waals surface area (Å²) >= 11 is 0. The number of nitrogens with one attached hydrogen (secondary N) is 2. The second-order valence-electron chi connectivity index (χ2n) is 6.44. The zero-order valence-electron chi connectivity index (χ0n) is 15.2. The second kappa shape index (κ2) is 8.47. The molecule has 6 nitrogen and oxygen atoms in total. The predicted octanol–water partition coefficient (Wildman–Crippen LogP) is 2.58. The van der Waals surface area contributed by atoms with Crippen LogP contribution in [0.3, 0.4) is 0 Å². The highest BCUT2D eigenvalue weighted by Gasteiger charge is 2.09. The normalized spacial score (nSPS) is 13.2. The number of hydrogen-bond donors (Lipinski definition) is 2. The molecule has 2 rings (SSSR count). The molecular formula is C18H28N6. The fourth-order valence-electron chi connectivity index (χ4n) is 2.22. The molecule has 1 unspecified atom stereocenters. The number of hydrogen-bond acceptors (Lipinski definition) is 3. The van der Waals surface area contributed by atoms with E-state index < -0.39 is 0 Å². The molecule has 1 aromatic carbocycles. The van der Waals surface area contributed by atoms with Crippen molar-refractivity contribution in [3.05, 3.63) is 47.5 Å². The van der Waals surface area contributed by atoms with Gasteiger partial charge < -0.3 is 15.2 Å². The van der Waals surface area contributed by atoms with E-state index >= 15 is 0 Å². The average molecular weight is 328 g/mol. The summed E-state index contributed by atoms with van der Waals surface area (Å²) in [6, 6.07) is 10.5. The maximum Gasteiger partial charge on any atom is 0.192 e. The van der Waals surface area contributed by atoms with Crippen molar-refractivity contribution >= 4 is 5.96 Å². The van der Waals surface area contributed by atoms with Crippen LogP contribution in [0, 0.1) is 12.8 Å². The molecule has 2 N–H and O–H groups in total. The zero-order chi connectivity index (χ0) is 17.5. The minimum atomic E-state index is 0.172. The molecule has 0 spiro atoms. The van der Waals surface area contributed by atoms with Crippen LogP contribution in [0.4, 0.5) is 0 Å². The quantitative estimate of drug-likeness (QED) is 0.632. The highest BCUT2D eigenvalue weighted by molar-refractivity contribution is 5.80. The third-order valence-corrected chi connectivity index (χ3v) is 3.89. The van der Waals surface area contributed by atoms with Gasteiger partial charge in [-0.05, 0) is 25.3 Å². The predicted molar refractivity (Wildman–Crippen MR) is 97.7 cm³/mol. The Morgan fingerprint density at radius 1 is 1.17 bits per heavy atom. The van der Waals surface area contributed by atoms with Crippen LogP contribution in [-0.2, 0) is 13.6 Å². The number of nitrogens with zero attached hydrogens (tertiary/aromatic N) is 4. The van der Waals surface area contributed by atoms with E-state index in [0.717, 1.165) is 24.2 Å². The number of aliphatic imine (C=N–C) groups is 1. The van der Waals surface area contributed by atoms with Gasteiger partial charge in [-0.2, -0.15) is 0 Å². The topological polar surface area (TPSA) is 67.1 Å². The lowest BCUT2D eigenvalue weighted by Crippen LogP contribution is -2.40. The van der Waals surface area contributed by atoms with Gasteiger partial charge in [-0.1, -0.05) is 44.2 Å². The molecule has 0 aliphatic rings. The van der Waals surface area contributed by atoms with Gasteiger partial charge in [0.1, 0.15) is 12.4 Å². The molecular weight excluding hydrogens is 300 g/mol. The Morgan fingerprint density at radius 3 is 2.46 bits per heavy atom. The summed E-state index contributed by atoms with van der Waals surface area (Å²) in [7, 11) is 1.96. The van der Waals surface area contributed by atoms with Crippen LogP contribution in [0.1, 0.15) is 44.0 Å². The average Bonchev–Trinajstić information content (AvgIpc) is 2.89. The first kappa shape index (κ1) is 18.0. The third kappa shape index (κ3) is 5.08. The molecule has 0 saturated carbocycles. The van der Waals surface area contributed by atoms with Gasteiger partial charge in [0, 0.05) is 13.6 Å². The molecule has 24 heavy (non-hydrogen) atoms. The van der Waals surface area contributed by atoms with Crippen LogP contribution in [0.25, 0.3) is 0 Å². The Labute approximate surface area is 144 Å².